The average Bonchev–Trinajstić information content (AvgIpc) is 3.32. The molecule has 0 radical (unpaired) electrons. The van der Waals surface area contributed by atoms with E-state index in [2.05, 4.69) is 20.3 Å². The predicted octanol–water partition coefficient (Wildman–Crippen LogP) is 4.56. The zero-order chi connectivity index (χ0) is 26.8. The van der Waals surface area contributed by atoms with Crippen LogP contribution in [0, 0.1) is 18.6 Å². The van der Waals surface area contributed by atoms with E-state index < -0.39 is 27.8 Å². The number of pyridine rings is 1. The molecule has 0 saturated carbocycles. The highest BCUT2D eigenvalue weighted by molar-refractivity contribution is 8.15. The van der Waals surface area contributed by atoms with Crippen molar-refractivity contribution in [1.29, 1.82) is 0 Å². The van der Waals surface area contributed by atoms with Crippen LogP contribution in [0.1, 0.15) is 47.8 Å². The first-order chi connectivity index (χ1) is 17.5. The van der Waals surface area contributed by atoms with E-state index in [-0.39, 0.29) is 28.7 Å². The fourth-order valence-electron chi connectivity index (χ4n) is 4.44. The summed E-state index contributed by atoms with van der Waals surface area (Å²) in [7, 11) is 1.56. The van der Waals surface area contributed by atoms with Crippen LogP contribution < -0.4 is 15.8 Å². The van der Waals surface area contributed by atoms with Crippen LogP contribution in [0.4, 0.5) is 14.5 Å². The number of nitrogens with one attached hydrogen (secondary N) is 1. The Kier molecular flexibility index (Phi) is 7.51. The Labute approximate surface area is 216 Å². The molecule has 3 aromatic rings. The molecule has 1 amide bonds. The van der Waals surface area contributed by atoms with Gasteiger partial charge in [0.15, 0.2) is 23.4 Å². The fourth-order valence-corrected chi connectivity index (χ4v) is 5.72. The quantitative estimate of drug-likeness (QED) is 0.434. The number of hydrogen-bond acceptors (Lipinski definition) is 9. The van der Waals surface area contributed by atoms with Crippen molar-refractivity contribution in [3.63, 3.8) is 0 Å². The van der Waals surface area contributed by atoms with Gasteiger partial charge in [-0.3, -0.25) is 9.79 Å². The van der Waals surface area contributed by atoms with Gasteiger partial charge >= 0.3 is 0 Å². The lowest BCUT2D eigenvalue weighted by atomic mass is 9.83. The number of oxazole rings is 1. The third-order valence-electron chi connectivity index (χ3n) is 5.86. The van der Waals surface area contributed by atoms with Crippen molar-refractivity contribution < 1.29 is 27.5 Å². The first kappa shape index (κ1) is 26.6. The molecule has 0 fully saturated rings. The number of methoxy groups -OCH3 is 1. The van der Waals surface area contributed by atoms with Crippen molar-refractivity contribution in [2.45, 2.75) is 44.1 Å². The van der Waals surface area contributed by atoms with E-state index in [0.29, 0.717) is 30.2 Å². The van der Waals surface area contributed by atoms with Gasteiger partial charge in [0, 0.05) is 29.2 Å². The Balaban J connectivity index is 1.56. The number of aliphatic imine (C=N–C) groups is 1. The highest BCUT2D eigenvalue weighted by atomic mass is 32.2. The van der Waals surface area contributed by atoms with Crippen LogP contribution in [0.3, 0.4) is 0 Å². The molecule has 9 nitrogen and oxygen atoms in total. The molecule has 1 aliphatic heterocycles. The summed E-state index contributed by atoms with van der Waals surface area (Å²) in [6, 6.07) is 3.93. The number of amides is 1. The Hall–Kier alpha value is -3.51. The summed E-state index contributed by atoms with van der Waals surface area (Å²) < 4.78 is 45.3. The number of amidine groups is 1. The van der Waals surface area contributed by atoms with Gasteiger partial charge in [-0.2, -0.15) is 0 Å². The summed E-state index contributed by atoms with van der Waals surface area (Å²) in [5.74, 6) is -1.95. The number of nitrogens with two attached hydrogens (primary N) is 1. The molecular formula is C25H27F2N5O4S. The average molecular weight is 532 g/mol. The number of hydrogen-bond donors (Lipinski definition) is 2. The zero-order valence-electron chi connectivity index (χ0n) is 20.8. The summed E-state index contributed by atoms with van der Waals surface area (Å²) in [4.78, 5) is 25.6. The van der Waals surface area contributed by atoms with Crippen molar-refractivity contribution in [3.8, 4) is 5.75 Å². The number of aryl methyl sites for hydroxylation is 1. The standard InChI is InChI=1S/C25H27F2N5O4S/c1-14-7-16(36-11-19-29-5-6-35-19)10-30-21(14)22(33)31-15-8-17(20(27)18(26)9-15)25(3)12-24(2,13-34-4)37-23(28)32-25/h5-10H,11-13H2,1-4H3,(H2,28,32)(H,31,33)/t24-,25+/m1/s1. The number of carbonyl (C=O) groups excluding carboxylic acids is 1. The number of benzene rings is 1. The van der Waals surface area contributed by atoms with Crippen LogP contribution in [0.2, 0.25) is 0 Å². The molecule has 2 aromatic heterocycles. The molecule has 1 aliphatic rings. The maximum atomic E-state index is 15.0. The molecule has 37 heavy (non-hydrogen) atoms. The van der Waals surface area contributed by atoms with Crippen LogP contribution in [-0.4, -0.2) is 39.5 Å². The van der Waals surface area contributed by atoms with Crippen LogP contribution in [0.25, 0.3) is 0 Å². The van der Waals surface area contributed by atoms with Crippen LogP contribution in [0.15, 0.2) is 46.3 Å². The molecule has 0 saturated heterocycles. The number of rotatable bonds is 8. The number of aromatic nitrogens is 2. The van der Waals surface area contributed by atoms with E-state index in [1.54, 1.807) is 27.0 Å². The lowest BCUT2D eigenvalue weighted by molar-refractivity contribution is 0.102. The first-order valence-corrected chi connectivity index (χ1v) is 12.2. The molecule has 3 heterocycles. The third-order valence-corrected chi connectivity index (χ3v) is 6.91. The van der Waals surface area contributed by atoms with Gasteiger partial charge < -0.3 is 24.9 Å². The minimum absolute atomic E-state index is 0.0201. The second-order valence-corrected chi connectivity index (χ2v) is 10.8. The lowest BCUT2D eigenvalue weighted by Gasteiger charge is -2.41. The molecule has 0 unspecified atom stereocenters. The van der Waals surface area contributed by atoms with Crippen LogP contribution >= 0.6 is 11.8 Å². The number of nitrogens with zero attached hydrogens (tertiary/aromatic N) is 3. The van der Waals surface area contributed by atoms with E-state index in [0.717, 1.165) is 6.07 Å². The summed E-state index contributed by atoms with van der Waals surface area (Å²) in [5, 5.41) is 2.85. The number of ether oxygens (including phenoxy) is 2. The molecule has 3 N–H and O–H groups in total. The smallest absolute Gasteiger partial charge is 0.274 e. The van der Waals surface area contributed by atoms with E-state index in [9.17, 15) is 9.18 Å². The second-order valence-electron chi connectivity index (χ2n) is 9.21. The van der Waals surface area contributed by atoms with E-state index in [1.807, 2.05) is 6.92 Å². The van der Waals surface area contributed by atoms with Gasteiger partial charge in [-0.1, -0.05) is 11.8 Å². The highest BCUT2D eigenvalue weighted by Gasteiger charge is 2.44. The predicted molar refractivity (Wildman–Crippen MR) is 136 cm³/mol. The number of halogens is 2. The van der Waals surface area contributed by atoms with Crippen molar-refractivity contribution in [1.82, 2.24) is 9.97 Å². The van der Waals surface area contributed by atoms with Crippen molar-refractivity contribution in [3.05, 3.63) is 71.2 Å². The number of anilines is 1. The van der Waals surface area contributed by atoms with Gasteiger partial charge in [-0.05, 0) is 44.9 Å². The number of carbonyl (C=O) groups is 1. The van der Waals surface area contributed by atoms with Crippen molar-refractivity contribution in [2.24, 2.45) is 10.7 Å². The molecule has 12 heteroatoms. The third kappa shape index (κ3) is 5.91. The Morgan fingerprint density at radius 3 is 2.73 bits per heavy atom. The lowest BCUT2D eigenvalue weighted by Crippen LogP contribution is -2.43. The molecular weight excluding hydrogens is 504 g/mol. The normalized spacial score (nSPS) is 21.4. The molecule has 0 aliphatic carbocycles. The Morgan fingerprint density at radius 2 is 2.05 bits per heavy atom. The minimum Gasteiger partial charge on any atom is -0.482 e. The van der Waals surface area contributed by atoms with Crippen LogP contribution in [-0.2, 0) is 16.9 Å². The molecule has 1 aromatic carbocycles. The van der Waals surface area contributed by atoms with Gasteiger partial charge in [-0.25, -0.2) is 18.7 Å². The van der Waals surface area contributed by atoms with Gasteiger partial charge in [0.25, 0.3) is 5.91 Å². The van der Waals surface area contributed by atoms with E-state index in [4.69, 9.17) is 19.6 Å². The van der Waals surface area contributed by atoms with Crippen LogP contribution in [0.5, 0.6) is 5.75 Å². The number of thioether (sulfide) groups is 1. The molecule has 2 atom stereocenters. The molecule has 0 bridgehead atoms. The topological polar surface area (TPSA) is 125 Å². The molecule has 0 spiro atoms. The van der Waals surface area contributed by atoms with E-state index in [1.165, 1.54) is 36.5 Å². The van der Waals surface area contributed by atoms with Crippen molar-refractivity contribution >= 4 is 28.5 Å². The summed E-state index contributed by atoms with van der Waals surface area (Å²) >= 11 is 1.33. The first-order valence-electron chi connectivity index (χ1n) is 11.3. The summed E-state index contributed by atoms with van der Waals surface area (Å²) in [5.41, 5.74) is 5.55. The SMILES string of the molecule is COC[C@@]1(C)C[C@@](C)(c2cc(NC(=O)c3ncc(OCc4ncco4)cc3C)cc(F)c2F)N=C(N)S1. The maximum absolute atomic E-state index is 15.0. The van der Waals surface area contributed by atoms with Crippen molar-refractivity contribution in [2.75, 3.05) is 19.0 Å². The summed E-state index contributed by atoms with van der Waals surface area (Å²) in [6.07, 6.45) is 4.66. The highest BCUT2D eigenvalue weighted by Crippen LogP contribution is 2.46. The molecule has 4 rings (SSSR count). The van der Waals surface area contributed by atoms with Gasteiger partial charge in [0.05, 0.1) is 24.5 Å². The second kappa shape index (κ2) is 10.5. The largest absolute Gasteiger partial charge is 0.482 e. The fraction of sp³-hybridized carbons (Fsp3) is 0.360. The zero-order valence-corrected chi connectivity index (χ0v) is 21.6. The maximum Gasteiger partial charge on any atom is 0.274 e. The van der Waals surface area contributed by atoms with E-state index >= 15 is 4.39 Å². The van der Waals surface area contributed by atoms with Gasteiger partial charge in [-0.15, -0.1) is 0 Å². The minimum atomic E-state index is -1.18. The monoisotopic (exact) mass is 531 g/mol. The Morgan fingerprint density at radius 1 is 1.27 bits per heavy atom. The Bertz CT molecular complexity index is 1340. The van der Waals surface area contributed by atoms with Gasteiger partial charge in [0.2, 0.25) is 5.89 Å². The molecule has 196 valence electrons. The van der Waals surface area contributed by atoms with Gasteiger partial charge in [0.1, 0.15) is 17.7 Å². The summed E-state index contributed by atoms with van der Waals surface area (Å²) in [6.45, 7) is 5.73.